The second-order valence-corrected chi connectivity index (χ2v) is 6.47. The van der Waals surface area contributed by atoms with Crippen molar-refractivity contribution >= 4 is 23.3 Å². The van der Waals surface area contributed by atoms with Crippen molar-refractivity contribution in [1.29, 1.82) is 0 Å². The number of thiophene rings is 1. The van der Waals surface area contributed by atoms with Crippen LogP contribution in [0.4, 0.5) is 4.79 Å². The second-order valence-electron chi connectivity index (χ2n) is 5.49. The van der Waals surface area contributed by atoms with E-state index >= 15 is 0 Å². The van der Waals surface area contributed by atoms with E-state index in [1.54, 1.807) is 11.3 Å². The lowest BCUT2D eigenvalue weighted by Crippen LogP contribution is -2.47. The summed E-state index contributed by atoms with van der Waals surface area (Å²) in [5, 5.41) is 16.6. The highest BCUT2D eigenvalue weighted by atomic mass is 32.1. The lowest BCUT2D eigenvalue weighted by Gasteiger charge is -2.21. The number of carbonyl (C=O) groups is 2. The van der Waals surface area contributed by atoms with Gasteiger partial charge < -0.3 is 15.7 Å². The molecule has 5 nitrogen and oxygen atoms in total. The molecule has 0 fully saturated rings. The number of urea groups is 1. The van der Waals surface area contributed by atoms with Gasteiger partial charge in [-0.3, -0.25) is 0 Å². The first-order valence-electron chi connectivity index (χ1n) is 7.27. The first-order valence-corrected chi connectivity index (χ1v) is 8.15. The van der Waals surface area contributed by atoms with Gasteiger partial charge in [-0.1, -0.05) is 33.3 Å². The van der Waals surface area contributed by atoms with Crippen LogP contribution < -0.4 is 10.6 Å². The van der Waals surface area contributed by atoms with Crippen LogP contribution in [0.1, 0.15) is 51.0 Å². The highest BCUT2D eigenvalue weighted by Gasteiger charge is 2.22. The van der Waals surface area contributed by atoms with E-state index in [9.17, 15) is 9.59 Å². The van der Waals surface area contributed by atoms with Crippen molar-refractivity contribution in [2.24, 2.45) is 5.92 Å². The first-order chi connectivity index (χ1) is 9.93. The molecule has 0 aliphatic heterocycles. The number of amides is 2. The summed E-state index contributed by atoms with van der Waals surface area (Å²) in [4.78, 5) is 24.3. The van der Waals surface area contributed by atoms with E-state index in [0.29, 0.717) is 6.42 Å². The number of carbonyl (C=O) groups excluding carboxylic acids is 1. The maximum absolute atomic E-state index is 12.0. The Kier molecular flexibility index (Phi) is 7.22. The molecule has 0 aromatic carbocycles. The zero-order chi connectivity index (χ0) is 15.8. The van der Waals surface area contributed by atoms with Gasteiger partial charge in [0.25, 0.3) is 0 Å². The van der Waals surface area contributed by atoms with Crippen molar-refractivity contribution in [3.63, 3.8) is 0 Å². The SMILES string of the molecule is CCCC(NC(=O)N[C@H](CC(C)C)C(=O)O)c1cccs1. The number of carboxylic acid groups (broad SMARTS) is 1. The molecule has 21 heavy (non-hydrogen) atoms. The molecule has 118 valence electrons. The highest BCUT2D eigenvalue weighted by Crippen LogP contribution is 2.23. The van der Waals surface area contributed by atoms with Crippen LogP contribution >= 0.6 is 11.3 Å². The van der Waals surface area contributed by atoms with E-state index in [1.165, 1.54) is 0 Å². The van der Waals surface area contributed by atoms with E-state index in [2.05, 4.69) is 17.6 Å². The number of rotatable bonds is 8. The minimum Gasteiger partial charge on any atom is -0.480 e. The molecule has 2 amide bonds. The zero-order valence-corrected chi connectivity index (χ0v) is 13.6. The first kappa shape index (κ1) is 17.5. The normalized spacial score (nSPS) is 13.7. The summed E-state index contributed by atoms with van der Waals surface area (Å²) in [6, 6.07) is 2.59. The van der Waals surface area contributed by atoms with Gasteiger partial charge in [-0.05, 0) is 30.2 Å². The number of aliphatic carboxylic acids is 1. The molecule has 0 saturated heterocycles. The van der Waals surface area contributed by atoms with Crippen LogP contribution in [-0.2, 0) is 4.79 Å². The Balaban J connectivity index is 2.62. The van der Waals surface area contributed by atoms with Crippen LogP contribution in [0.5, 0.6) is 0 Å². The van der Waals surface area contributed by atoms with Gasteiger partial charge in [-0.15, -0.1) is 11.3 Å². The van der Waals surface area contributed by atoms with Crippen LogP contribution in [0, 0.1) is 5.92 Å². The Hall–Kier alpha value is -1.56. The van der Waals surface area contributed by atoms with Crippen molar-refractivity contribution in [3.8, 4) is 0 Å². The molecular weight excluding hydrogens is 288 g/mol. The number of hydrogen-bond donors (Lipinski definition) is 3. The van der Waals surface area contributed by atoms with Crippen LogP contribution in [0.15, 0.2) is 17.5 Å². The average Bonchev–Trinajstić information content (AvgIpc) is 2.90. The average molecular weight is 312 g/mol. The molecule has 2 atom stereocenters. The van der Waals surface area contributed by atoms with Crippen LogP contribution in [0.3, 0.4) is 0 Å². The third-order valence-corrected chi connectivity index (χ3v) is 4.07. The Bertz CT molecular complexity index is 446. The van der Waals surface area contributed by atoms with Crippen molar-refractivity contribution in [2.45, 2.75) is 52.1 Å². The molecular formula is C15H24N2O3S. The maximum Gasteiger partial charge on any atom is 0.326 e. The lowest BCUT2D eigenvalue weighted by atomic mass is 10.0. The molecule has 1 aromatic rings. The van der Waals surface area contributed by atoms with Crippen LogP contribution in [0.25, 0.3) is 0 Å². The summed E-state index contributed by atoms with van der Waals surface area (Å²) in [6.45, 7) is 5.92. The minimum atomic E-state index is -0.998. The quantitative estimate of drug-likeness (QED) is 0.688. The van der Waals surface area contributed by atoms with Gasteiger partial charge in [0, 0.05) is 4.88 Å². The summed E-state index contributed by atoms with van der Waals surface area (Å²) in [5.74, 6) is -0.794. The van der Waals surface area contributed by atoms with Gasteiger partial charge in [0.1, 0.15) is 6.04 Å². The Morgan fingerprint density at radius 2 is 2.05 bits per heavy atom. The van der Waals surface area contributed by atoms with Gasteiger partial charge >= 0.3 is 12.0 Å². The molecule has 1 aromatic heterocycles. The largest absolute Gasteiger partial charge is 0.480 e. The zero-order valence-electron chi connectivity index (χ0n) is 12.8. The predicted molar refractivity (Wildman–Crippen MR) is 84.5 cm³/mol. The smallest absolute Gasteiger partial charge is 0.326 e. The van der Waals surface area contributed by atoms with E-state index < -0.39 is 18.0 Å². The van der Waals surface area contributed by atoms with Crippen molar-refractivity contribution < 1.29 is 14.7 Å². The fourth-order valence-corrected chi connectivity index (χ4v) is 2.93. The molecule has 3 N–H and O–H groups in total. The summed E-state index contributed by atoms with van der Waals surface area (Å²) < 4.78 is 0. The van der Waals surface area contributed by atoms with Gasteiger partial charge in [0.2, 0.25) is 0 Å². The molecule has 1 heterocycles. The molecule has 0 radical (unpaired) electrons. The van der Waals surface area contributed by atoms with Crippen LogP contribution in [0.2, 0.25) is 0 Å². The van der Waals surface area contributed by atoms with Crippen LogP contribution in [-0.4, -0.2) is 23.1 Å². The van der Waals surface area contributed by atoms with Gasteiger partial charge in [0.15, 0.2) is 0 Å². The fourth-order valence-electron chi connectivity index (χ4n) is 2.11. The summed E-state index contributed by atoms with van der Waals surface area (Å²) >= 11 is 1.59. The number of nitrogens with one attached hydrogen (secondary N) is 2. The second kappa shape index (κ2) is 8.67. The Morgan fingerprint density at radius 3 is 2.52 bits per heavy atom. The molecule has 0 spiro atoms. The highest BCUT2D eigenvalue weighted by molar-refractivity contribution is 7.10. The lowest BCUT2D eigenvalue weighted by molar-refractivity contribution is -0.139. The van der Waals surface area contributed by atoms with Crippen molar-refractivity contribution in [3.05, 3.63) is 22.4 Å². The standard InChI is InChI=1S/C15H24N2O3S/c1-4-6-11(13-7-5-8-21-13)16-15(20)17-12(14(18)19)9-10(2)3/h5,7-8,10-12H,4,6,9H2,1-3H3,(H,18,19)(H2,16,17,20)/t11?,12-/m1/s1. The van der Waals surface area contributed by atoms with E-state index in [4.69, 9.17) is 5.11 Å². The Morgan fingerprint density at radius 1 is 1.33 bits per heavy atom. The summed E-state index contributed by atoms with van der Waals surface area (Å²) in [5.41, 5.74) is 0. The summed E-state index contributed by atoms with van der Waals surface area (Å²) in [7, 11) is 0. The molecule has 0 bridgehead atoms. The van der Waals surface area contributed by atoms with Gasteiger partial charge in [-0.2, -0.15) is 0 Å². The minimum absolute atomic E-state index is 0.0662. The predicted octanol–water partition coefficient (Wildman–Crippen LogP) is 3.39. The van der Waals surface area contributed by atoms with E-state index in [-0.39, 0.29) is 12.0 Å². The summed E-state index contributed by atoms with van der Waals surface area (Å²) in [6.07, 6.45) is 2.19. The molecule has 6 heteroatoms. The number of hydrogen-bond acceptors (Lipinski definition) is 3. The third kappa shape index (κ3) is 6.16. The van der Waals surface area contributed by atoms with E-state index in [0.717, 1.165) is 17.7 Å². The third-order valence-electron chi connectivity index (χ3n) is 3.08. The topological polar surface area (TPSA) is 78.4 Å². The van der Waals surface area contributed by atoms with Gasteiger partial charge in [0.05, 0.1) is 6.04 Å². The maximum atomic E-state index is 12.0. The number of carboxylic acids is 1. The van der Waals surface area contributed by atoms with Crippen molar-refractivity contribution in [1.82, 2.24) is 10.6 Å². The monoisotopic (exact) mass is 312 g/mol. The Labute approximate surface area is 129 Å². The fraction of sp³-hybridized carbons (Fsp3) is 0.600. The molecule has 1 unspecified atom stereocenters. The molecule has 0 aliphatic carbocycles. The molecule has 0 aliphatic rings. The molecule has 1 rings (SSSR count). The molecule has 0 saturated carbocycles. The van der Waals surface area contributed by atoms with Gasteiger partial charge in [-0.25, -0.2) is 9.59 Å². The van der Waals surface area contributed by atoms with E-state index in [1.807, 2.05) is 31.4 Å². The van der Waals surface area contributed by atoms with Crippen molar-refractivity contribution in [2.75, 3.05) is 0 Å².